The number of hydrogen-bond acceptors (Lipinski definition) is 4. The van der Waals surface area contributed by atoms with Gasteiger partial charge < -0.3 is 10.1 Å². The molecule has 0 aliphatic carbocycles. The normalized spacial score (nSPS) is 15.8. The molecule has 1 heterocycles. The Morgan fingerprint density at radius 1 is 1.23 bits per heavy atom. The van der Waals surface area contributed by atoms with Crippen LogP contribution in [0.3, 0.4) is 0 Å². The Bertz CT molecular complexity index is 820. The van der Waals surface area contributed by atoms with E-state index >= 15 is 0 Å². The molecule has 0 spiro atoms. The van der Waals surface area contributed by atoms with Crippen molar-refractivity contribution in [2.45, 2.75) is 19.4 Å². The van der Waals surface area contributed by atoms with E-state index in [4.69, 9.17) is 4.74 Å². The van der Waals surface area contributed by atoms with E-state index in [-0.39, 0.29) is 18.4 Å². The van der Waals surface area contributed by atoms with Gasteiger partial charge in [-0.25, -0.2) is 0 Å². The van der Waals surface area contributed by atoms with E-state index < -0.39 is 6.10 Å². The highest BCUT2D eigenvalue weighted by atomic mass is 16.5. The summed E-state index contributed by atoms with van der Waals surface area (Å²) in [5, 5.41) is 2.83. The summed E-state index contributed by atoms with van der Waals surface area (Å²) in [7, 11) is 0. The van der Waals surface area contributed by atoms with Crippen molar-refractivity contribution in [1.29, 1.82) is 0 Å². The van der Waals surface area contributed by atoms with Crippen molar-refractivity contribution >= 4 is 23.8 Å². The number of carbonyl (C=O) groups is 3. The summed E-state index contributed by atoms with van der Waals surface area (Å²) in [5.41, 5.74) is 1.99. The molecule has 0 bridgehead atoms. The van der Waals surface area contributed by atoms with Gasteiger partial charge in [0.25, 0.3) is 5.91 Å². The summed E-state index contributed by atoms with van der Waals surface area (Å²) < 4.78 is 5.56. The number of anilines is 1. The summed E-state index contributed by atoms with van der Waals surface area (Å²) >= 11 is 0. The van der Waals surface area contributed by atoms with E-state index in [1.54, 1.807) is 25.1 Å². The van der Waals surface area contributed by atoms with E-state index in [1.807, 2.05) is 30.3 Å². The second kappa shape index (κ2) is 7.82. The number of aldehydes is 1. The molecule has 1 atom stereocenters. The first kappa shape index (κ1) is 17.7. The largest absolute Gasteiger partial charge is 0.479 e. The summed E-state index contributed by atoms with van der Waals surface area (Å²) in [6.45, 7) is 2.01. The van der Waals surface area contributed by atoms with Crippen LogP contribution in [0.25, 0.3) is 0 Å². The predicted octanol–water partition coefficient (Wildman–Crippen LogP) is 1.97. The first-order valence-electron chi connectivity index (χ1n) is 8.46. The fourth-order valence-electron chi connectivity index (χ4n) is 2.85. The third-order valence-corrected chi connectivity index (χ3v) is 4.21. The first-order chi connectivity index (χ1) is 12.6. The molecule has 0 radical (unpaired) electrons. The number of carbonyl (C=O) groups excluding carboxylic acids is 3. The van der Waals surface area contributed by atoms with Crippen LogP contribution in [0, 0.1) is 0 Å². The minimum Gasteiger partial charge on any atom is -0.479 e. The topological polar surface area (TPSA) is 75.7 Å². The SMILES string of the molecule is CC1Oc2ccc(C=O)cc2N(CC(=O)NCCc2ccccc2)C1=O. The van der Waals surface area contributed by atoms with Gasteiger partial charge in [-0.15, -0.1) is 0 Å². The van der Waals surface area contributed by atoms with Crippen LogP contribution < -0.4 is 15.0 Å². The Morgan fingerprint density at radius 2 is 2.00 bits per heavy atom. The minimum atomic E-state index is -0.679. The van der Waals surface area contributed by atoms with Crippen molar-refractivity contribution in [3.05, 3.63) is 59.7 Å². The average Bonchev–Trinajstić information content (AvgIpc) is 2.66. The van der Waals surface area contributed by atoms with Gasteiger partial charge >= 0.3 is 0 Å². The molecule has 2 amide bonds. The van der Waals surface area contributed by atoms with Crippen LogP contribution in [0.1, 0.15) is 22.8 Å². The zero-order valence-corrected chi connectivity index (χ0v) is 14.5. The number of benzene rings is 2. The molecule has 134 valence electrons. The van der Waals surface area contributed by atoms with Crippen LogP contribution in [-0.4, -0.2) is 37.3 Å². The standard InChI is InChI=1S/C20H20N2O4/c1-14-20(25)22(17-11-16(13-23)7-8-18(17)26-14)12-19(24)21-10-9-15-5-3-2-4-6-15/h2-8,11,13-14H,9-10,12H2,1H3,(H,21,24). The van der Waals surface area contributed by atoms with Crippen LogP contribution >= 0.6 is 0 Å². The fraction of sp³-hybridized carbons (Fsp3) is 0.250. The number of ether oxygens (including phenoxy) is 1. The van der Waals surface area contributed by atoms with Crippen molar-refractivity contribution in [3.63, 3.8) is 0 Å². The van der Waals surface area contributed by atoms with Gasteiger partial charge in [0.2, 0.25) is 5.91 Å². The Kier molecular flexibility index (Phi) is 5.31. The summed E-state index contributed by atoms with van der Waals surface area (Å²) in [6.07, 6.45) is 0.731. The van der Waals surface area contributed by atoms with Crippen molar-refractivity contribution in [3.8, 4) is 5.75 Å². The van der Waals surface area contributed by atoms with Gasteiger partial charge in [-0.05, 0) is 37.1 Å². The quantitative estimate of drug-likeness (QED) is 0.807. The lowest BCUT2D eigenvalue weighted by Gasteiger charge is -2.32. The number of nitrogens with zero attached hydrogens (tertiary/aromatic N) is 1. The number of nitrogens with one attached hydrogen (secondary N) is 1. The summed E-state index contributed by atoms with van der Waals surface area (Å²) in [5.74, 6) is -0.0793. The molecule has 1 aliphatic heterocycles. The zero-order chi connectivity index (χ0) is 18.5. The van der Waals surface area contributed by atoms with Crippen molar-refractivity contribution in [2.24, 2.45) is 0 Å². The van der Waals surface area contributed by atoms with Gasteiger partial charge in [0, 0.05) is 12.1 Å². The maximum atomic E-state index is 12.5. The van der Waals surface area contributed by atoms with Crippen LogP contribution in [0.5, 0.6) is 5.75 Å². The zero-order valence-electron chi connectivity index (χ0n) is 14.5. The van der Waals surface area contributed by atoms with Gasteiger partial charge in [0.05, 0.1) is 5.69 Å². The van der Waals surface area contributed by atoms with Crippen molar-refractivity contribution in [1.82, 2.24) is 5.32 Å². The molecular weight excluding hydrogens is 332 g/mol. The molecule has 0 fully saturated rings. The molecule has 1 unspecified atom stereocenters. The molecule has 3 rings (SSSR count). The van der Waals surface area contributed by atoms with Crippen LogP contribution in [-0.2, 0) is 16.0 Å². The third kappa shape index (κ3) is 3.91. The molecule has 1 N–H and O–H groups in total. The van der Waals surface area contributed by atoms with Crippen molar-refractivity contribution < 1.29 is 19.1 Å². The van der Waals surface area contributed by atoms with Crippen LogP contribution in [0.4, 0.5) is 5.69 Å². The maximum absolute atomic E-state index is 12.5. The van der Waals surface area contributed by atoms with Gasteiger partial charge in [0.1, 0.15) is 18.6 Å². The number of hydrogen-bond donors (Lipinski definition) is 1. The molecule has 0 saturated heterocycles. The number of fused-ring (bicyclic) bond motifs is 1. The molecular formula is C20H20N2O4. The first-order valence-corrected chi connectivity index (χ1v) is 8.46. The minimum absolute atomic E-state index is 0.114. The van der Waals surface area contributed by atoms with E-state index in [9.17, 15) is 14.4 Å². The Morgan fingerprint density at radius 3 is 2.73 bits per heavy atom. The molecule has 6 nitrogen and oxygen atoms in total. The highest BCUT2D eigenvalue weighted by Gasteiger charge is 2.32. The van der Waals surface area contributed by atoms with Crippen LogP contribution in [0.2, 0.25) is 0 Å². The molecule has 26 heavy (non-hydrogen) atoms. The van der Waals surface area contributed by atoms with Gasteiger partial charge in [-0.2, -0.15) is 0 Å². The molecule has 1 aliphatic rings. The van der Waals surface area contributed by atoms with Gasteiger partial charge in [-0.3, -0.25) is 19.3 Å². The molecule has 0 saturated carbocycles. The molecule has 2 aromatic carbocycles. The van der Waals surface area contributed by atoms with E-state index in [2.05, 4.69) is 5.32 Å². The predicted molar refractivity (Wildman–Crippen MR) is 97.4 cm³/mol. The number of amides is 2. The lowest BCUT2D eigenvalue weighted by molar-refractivity contribution is -0.128. The molecule has 2 aromatic rings. The smallest absolute Gasteiger partial charge is 0.268 e. The second-order valence-electron chi connectivity index (χ2n) is 6.12. The van der Waals surface area contributed by atoms with Gasteiger partial charge in [0.15, 0.2) is 6.10 Å². The second-order valence-corrected chi connectivity index (χ2v) is 6.12. The Hall–Kier alpha value is -3.15. The summed E-state index contributed by atoms with van der Waals surface area (Å²) in [4.78, 5) is 37.1. The van der Waals surface area contributed by atoms with Crippen molar-refractivity contribution in [2.75, 3.05) is 18.0 Å². The molecule has 0 aromatic heterocycles. The van der Waals surface area contributed by atoms with E-state index in [1.165, 1.54) is 4.90 Å². The summed E-state index contributed by atoms with van der Waals surface area (Å²) in [6, 6.07) is 14.7. The maximum Gasteiger partial charge on any atom is 0.268 e. The Balaban J connectivity index is 1.67. The average molecular weight is 352 g/mol. The fourth-order valence-corrected chi connectivity index (χ4v) is 2.85. The Labute approximate surface area is 151 Å². The lowest BCUT2D eigenvalue weighted by Crippen LogP contribution is -2.49. The van der Waals surface area contributed by atoms with E-state index in [0.717, 1.165) is 5.56 Å². The third-order valence-electron chi connectivity index (χ3n) is 4.21. The lowest BCUT2D eigenvalue weighted by atomic mass is 10.1. The number of rotatable bonds is 6. The highest BCUT2D eigenvalue weighted by Crippen LogP contribution is 2.34. The van der Waals surface area contributed by atoms with Crippen LogP contribution in [0.15, 0.2) is 48.5 Å². The highest BCUT2D eigenvalue weighted by molar-refractivity contribution is 6.04. The molecule has 6 heteroatoms. The monoisotopic (exact) mass is 352 g/mol. The van der Waals surface area contributed by atoms with E-state index in [0.29, 0.717) is 36.3 Å². The van der Waals surface area contributed by atoms with Gasteiger partial charge in [-0.1, -0.05) is 30.3 Å².